The molecule has 0 unspecified atom stereocenters. The number of nitrogens with one attached hydrogen (secondary N) is 1. The molecule has 1 aliphatic heterocycles. The summed E-state index contributed by atoms with van der Waals surface area (Å²) in [5, 5.41) is 7.15. The van der Waals surface area contributed by atoms with E-state index in [0.717, 1.165) is 0 Å². The zero-order valence-electron chi connectivity index (χ0n) is 10.9. The number of anilines is 1. The smallest absolute Gasteiger partial charge is 0.287 e. The summed E-state index contributed by atoms with van der Waals surface area (Å²) in [5.74, 6) is 0.312. The Balaban J connectivity index is 2.13. The van der Waals surface area contributed by atoms with Crippen LogP contribution < -0.4 is 10.9 Å². The van der Waals surface area contributed by atoms with E-state index in [2.05, 4.69) is 17.0 Å². The van der Waals surface area contributed by atoms with Crippen LogP contribution in [-0.2, 0) is 16.4 Å². The fourth-order valence-corrected chi connectivity index (χ4v) is 3.76. The molecule has 0 radical (unpaired) electrons. The quantitative estimate of drug-likeness (QED) is 0.840. The molecule has 110 valence electrons. The fraction of sp³-hybridized carbons (Fsp3) is 0.500. The number of hydrogen-bond donors (Lipinski definition) is 1. The molecule has 1 N–H and O–H groups in total. The Morgan fingerprint density at radius 2 is 2.15 bits per heavy atom. The second-order valence-electron chi connectivity index (χ2n) is 4.72. The second-order valence-corrected chi connectivity index (χ2v) is 7.40. The van der Waals surface area contributed by atoms with Gasteiger partial charge in [-0.2, -0.15) is 5.10 Å². The molecule has 8 heteroatoms. The highest BCUT2D eigenvalue weighted by atomic mass is 35.5. The monoisotopic (exact) mass is 317 g/mol. The fourth-order valence-electron chi connectivity index (χ4n) is 2.07. The Bertz CT molecular complexity index is 655. The van der Waals surface area contributed by atoms with E-state index in [1.165, 1.54) is 10.9 Å². The van der Waals surface area contributed by atoms with E-state index in [1.807, 2.05) is 0 Å². The van der Waals surface area contributed by atoms with Crippen molar-refractivity contribution < 1.29 is 8.42 Å². The lowest BCUT2D eigenvalue weighted by molar-refractivity contribution is 0.559. The van der Waals surface area contributed by atoms with Crippen molar-refractivity contribution in [3.8, 4) is 0 Å². The van der Waals surface area contributed by atoms with Crippen LogP contribution in [0.15, 0.2) is 23.6 Å². The van der Waals surface area contributed by atoms with Gasteiger partial charge in [-0.05, 0) is 12.8 Å². The van der Waals surface area contributed by atoms with Crippen LogP contribution in [-0.4, -0.2) is 35.7 Å². The predicted octanol–water partition coefficient (Wildman–Crippen LogP) is 1.07. The first-order valence-corrected chi connectivity index (χ1v) is 8.46. The van der Waals surface area contributed by atoms with Crippen LogP contribution in [0.1, 0.15) is 12.8 Å². The van der Waals surface area contributed by atoms with Crippen LogP contribution in [0, 0.1) is 0 Å². The molecule has 6 nitrogen and oxygen atoms in total. The van der Waals surface area contributed by atoms with Crippen LogP contribution in [0.2, 0.25) is 5.02 Å². The van der Waals surface area contributed by atoms with Crippen LogP contribution in [0.25, 0.3) is 0 Å². The van der Waals surface area contributed by atoms with E-state index in [1.54, 1.807) is 6.08 Å². The first-order valence-electron chi connectivity index (χ1n) is 6.26. The molecule has 1 aromatic heterocycles. The summed E-state index contributed by atoms with van der Waals surface area (Å²) >= 11 is 6.02. The van der Waals surface area contributed by atoms with E-state index in [9.17, 15) is 13.2 Å². The van der Waals surface area contributed by atoms with Gasteiger partial charge in [0.1, 0.15) is 14.9 Å². The third kappa shape index (κ3) is 3.40. The third-order valence-electron chi connectivity index (χ3n) is 3.20. The normalized spacial score (nSPS) is 18.6. The van der Waals surface area contributed by atoms with E-state index < -0.39 is 9.84 Å². The van der Waals surface area contributed by atoms with Crippen molar-refractivity contribution in [2.24, 2.45) is 0 Å². The molecule has 20 heavy (non-hydrogen) atoms. The second kappa shape index (κ2) is 5.97. The maximum atomic E-state index is 11.9. The van der Waals surface area contributed by atoms with Gasteiger partial charge in [-0.3, -0.25) is 4.79 Å². The Morgan fingerprint density at radius 3 is 2.75 bits per heavy atom. The van der Waals surface area contributed by atoms with E-state index >= 15 is 0 Å². The van der Waals surface area contributed by atoms with E-state index in [4.69, 9.17) is 11.6 Å². The zero-order valence-corrected chi connectivity index (χ0v) is 12.5. The summed E-state index contributed by atoms with van der Waals surface area (Å²) in [6.45, 7) is 3.83. The summed E-state index contributed by atoms with van der Waals surface area (Å²) in [6.07, 6.45) is 4.06. The molecule has 0 amide bonds. The number of sulfone groups is 1. The number of halogens is 1. The Kier molecular flexibility index (Phi) is 4.49. The minimum absolute atomic E-state index is 0.00696. The summed E-state index contributed by atoms with van der Waals surface area (Å²) < 4.78 is 23.9. The minimum atomic E-state index is -2.91. The van der Waals surface area contributed by atoms with Crippen molar-refractivity contribution in [1.29, 1.82) is 0 Å². The SMILES string of the molecule is C=CCn1ncc(NC2CCS(=O)(=O)CC2)c(Cl)c1=O. The molecule has 0 aromatic carbocycles. The lowest BCUT2D eigenvalue weighted by atomic mass is 10.1. The van der Waals surface area contributed by atoms with Crippen LogP contribution in [0.5, 0.6) is 0 Å². The molecule has 1 saturated heterocycles. The van der Waals surface area contributed by atoms with Gasteiger partial charge in [-0.1, -0.05) is 17.7 Å². The highest BCUT2D eigenvalue weighted by Crippen LogP contribution is 2.21. The Hall–Kier alpha value is -1.34. The Morgan fingerprint density at radius 1 is 1.50 bits per heavy atom. The van der Waals surface area contributed by atoms with Gasteiger partial charge in [0.15, 0.2) is 0 Å². The van der Waals surface area contributed by atoms with Crippen molar-refractivity contribution in [3.63, 3.8) is 0 Å². The van der Waals surface area contributed by atoms with Gasteiger partial charge in [-0.25, -0.2) is 13.1 Å². The lowest BCUT2D eigenvalue weighted by Crippen LogP contribution is -2.33. The zero-order chi connectivity index (χ0) is 14.8. The van der Waals surface area contributed by atoms with Crippen molar-refractivity contribution >= 4 is 27.1 Å². The number of allylic oxidation sites excluding steroid dienone is 1. The average molecular weight is 318 g/mol. The van der Waals surface area contributed by atoms with Crippen LogP contribution in [0.3, 0.4) is 0 Å². The summed E-state index contributed by atoms with van der Waals surface area (Å²) in [6, 6.07) is -0.00696. The van der Waals surface area contributed by atoms with Crippen molar-refractivity contribution in [3.05, 3.63) is 34.2 Å². The Labute approximate surface area is 122 Å². The molecule has 1 aromatic rings. The average Bonchev–Trinajstić information content (AvgIpc) is 2.41. The summed E-state index contributed by atoms with van der Waals surface area (Å²) in [4.78, 5) is 11.9. The summed E-state index contributed by atoms with van der Waals surface area (Å²) in [5.41, 5.74) is 0.0567. The van der Waals surface area contributed by atoms with Gasteiger partial charge >= 0.3 is 0 Å². The molecule has 0 atom stereocenters. The third-order valence-corrected chi connectivity index (χ3v) is 5.28. The summed E-state index contributed by atoms with van der Waals surface area (Å²) in [7, 11) is -2.91. The molecule has 0 aliphatic carbocycles. The van der Waals surface area contributed by atoms with Gasteiger partial charge in [0, 0.05) is 6.04 Å². The highest BCUT2D eigenvalue weighted by Gasteiger charge is 2.24. The number of rotatable bonds is 4. The number of nitrogens with zero attached hydrogens (tertiary/aromatic N) is 2. The van der Waals surface area contributed by atoms with Gasteiger partial charge in [0.2, 0.25) is 0 Å². The topological polar surface area (TPSA) is 81.1 Å². The standard InChI is InChI=1S/C12H16ClN3O3S/c1-2-5-16-12(17)11(13)10(8-14-16)15-9-3-6-20(18,19)7-4-9/h2,8-9,15H,1,3-7H2. The number of hydrogen-bond acceptors (Lipinski definition) is 5. The molecule has 2 heterocycles. The molecule has 0 bridgehead atoms. The highest BCUT2D eigenvalue weighted by molar-refractivity contribution is 7.91. The van der Waals surface area contributed by atoms with Crippen molar-refractivity contribution in [1.82, 2.24) is 9.78 Å². The van der Waals surface area contributed by atoms with Crippen molar-refractivity contribution in [2.75, 3.05) is 16.8 Å². The van der Waals surface area contributed by atoms with Gasteiger partial charge in [0.25, 0.3) is 5.56 Å². The minimum Gasteiger partial charge on any atom is -0.380 e. The first-order chi connectivity index (χ1) is 9.43. The largest absolute Gasteiger partial charge is 0.380 e. The molecule has 1 aliphatic rings. The molecular weight excluding hydrogens is 302 g/mol. The molecule has 0 saturated carbocycles. The van der Waals surface area contributed by atoms with Gasteiger partial charge in [-0.15, -0.1) is 6.58 Å². The van der Waals surface area contributed by atoms with Gasteiger partial charge < -0.3 is 5.32 Å². The van der Waals surface area contributed by atoms with E-state index in [-0.39, 0.29) is 28.1 Å². The van der Waals surface area contributed by atoms with Crippen molar-refractivity contribution in [2.45, 2.75) is 25.4 Å². The first kappa shape index (κ1) is 15.1. The molecular formula is C12H16ClN3O3S. The van der Waals surface area contributed by atoms with Crippen LogP contribution in [0.4, 0.5) is 5.69 Å². The van der Waals surface area contributed by atoms with Crippen LogP contribution >= 0.6 is 11.6 Å². The lowest BCUT2D eigenvalue weighted by Gasteiger charge is -2.24. The maximum absolute atomic E-state index is 11.9. The van der Waals surface area contributed by atoms with E-state index in [0.29, 0.717) is 25.1 Å². The van der Waals surface area contributed by atoms with Gasteiger partial charge in [0.05, 0.1) is 29.9 Å². The molecule has 2 rings (SSSR count). The maximum Gasteiger partial charge on any atom is 0.287 e. The number of aromatic nitrogens is 2. The molecule has 0 spiro atoms. The molecule has 1 fully saturated rings. The predicted molar refractivity (Wildman–Crippen MR) is 79.0 cm³/mol.